The molecule has 11 heteroatoms. The predicted molar refractivity (Wildman–Crippen MR) is 162 cm³/mol. The van der Waals surface area contributed by atoms with Gasteiger partial charge in [-0.15, -0.1) is 0 Å². The van der Waals surface area contributed by atoms with Crippen molar-refractivity contribution in [1.29, 1.82) is 0 Å². The lowest BCUT2D eigenvalue weighted by molar-refractivity contribution is -0.175. The minimum absolute atomic E-state index is 0.00623. The maximum atomic E-state index is 13.4. The number of carbonyl (C=O) groups excluding carboxylic acids is 3. The Labute approximate surface area is 256 Å². The normalized spacial score (nSPS) is 19.8. The summed E-state index contributed by atoms with van der Waals surface area (Å²) in [6.45, 7) is 9.81. The number of fused-ring (bicyclic) bond motifs is 1. The number of carbonyl (C=O) groups is 3. The Morgan fingerprint density at radius 1 is 1.05 bits per heavy atom. The zero-order chi connectivity index (χ0) is 31.1. The number of aryl methyl sites for hydroxylation is 1. The van der Waals surface area contributed by atoms with Crippen LogP contribution in [0.2, 0.25) is 5.02 Å². The fraction of sp³-hybridized carbons (Fsp3) is 0.469. The smallest absolute Gasteiger partial charge is 0.290 e. The Balaban J connectivity index is 1.45. The van der Waals surface area contributed by atoms with E-state index in [2.05, 4.69) is 19.2 Å². The molecule has 232 valence electrons. The van der Waals surface area contributed by atoms with E-state index < -0.39 is 24.0 Å². The van der Waals surface area contributed by atoms with E-state index in [0.29, 0.717) is 60.4 Å². The Kier molecular flexibility index (Phi) is 11.3. The summed E-state index contributed by atoms with van der Waals surface area (Å²) in [5, 5.41) is 12.1. The van der Waals surface area contributed by atoms with Gasteiger partial charge >= 0.3 is 0 Å². The summed E-state index contributed by atoms with van der Waals surface area (Å²) in [5.41, 5.74) is 2.10. The second kappa shape index (κ2) is 14.9. The number of hydrogen-bond donors (Lipinski definition) is 2. The van der Waals surface area contributed by atoms with Crippen molar-refractivity contribution in [2.75, 3.05) is 49.9 Å². The first kappa shape index (κ1) is 32.6. The third-order valence-corrected chi connectivity index (χ3v) is 7.74. The lowest BCUT2D eigenvalue weighted by Gasteiger charge is -2.38. The van der Waals surface area contributed by atoms with E-state index in [0.717, 1.165) is 4.90 Å². The summed E-state index contributed by atoms with van der Waals surface area (Å²) in [7, 11) is 0. The summed E-state index contributed by atoms with van der Waals surface area (Å²) in [6.07, 6.45) is 1.91. The average molecular weight is 615 g/mol. The first-order valence-electron chi connectivity index (χ1n) is 14.5. The molecule has 0 fully saturated rings. The van der Waals surface area contributed by atoms with Crippen molar-refractivity contribution in [2.24, 2.45) is 17.8 Å². The molecule has 0 radical (unpaired) electrons. The zero-order valence-corrected chi connectivity index (χ0v) is 25.7. The lowest BCUT2D eigenvalue weighted by atomic mass is 9.79. The fourth-order valence-corrected chi connectivity index (χ4v) is 5.58. The van der Waals surface area contributed by atoms with Gasteiger partial charge in [-0.05, 0) is 80.1 Å². The van der Waals surface area contributed by atoms with Gasteiger partial charge in [0, 0.05) is 29.8 Å². The number of allylic oxidation sites excluding steroid dienone is 1. The highest BCUT2D eigenvalue weighted by molar-refractivity contribution is 6.37. The van der Waals surface area contributed by atoms with Gasteiger partial charge in [0.15, 0.2) is 5.76 Å². The number of hydrogen-bond acceptors (Lipinski definition) is 8. The van der Waals surface area contributed by atoms with E-state index in [4.69, 9.17) is 35.7 Å². The number of nitrogens with one attached hydrogen (secondary N) is 1. The molecule has 10 nitrogen and oxygen atoms in total. The van der Waals surface area contributed by atoms with Crippen LogP contribution in [0, 0.1) is 24.7 Å². The lowest BCUT2D eigenvalue weighted by Crippen LogP contribution is -2.40. The fourth-order valence-electron chi connectivity index (χ4n) is 5.41. The molecule has 0 bridgehead atoms. The molecule has 2 aromatic carbocycles. The summed E-state index contributed by atoms with van der Waals surface area (Å²) < 4.78 is 23.0. The summed E-state index contributed by atoms with van der Waals surface area (Å²) in [5.74, 6) is -0.922. The number of halogens is 1. The average Bonchev–Trinajstić information content (AvgIpc) is 3.21. The van der Waals surface area contributed by atoms with Crippen LogP contribution in [-0.4, -0.2) is 68.8 Å². The zero-order valence-electron chi connectivity index (χ0n) is 24.9. The van der Waals surface area contributed by atoms with Crippen LogP contribution in [0.25, 0.3) is 0 Å². The van der Waals surface area contributed by atoms with Crippen LogP contribution in [0.1, 0.15) is 53.5 Å². The first-order chi connectivity index (χ1) is 20.7. The molecule has 0 saturated carbocycles. The van der Waals surface area contributed by atoms with Crippen LogP contribution in [0.5, 0.6) is 0 Å². The second-order valence-corrected chi connectivity index (χ2v) is 11.2. The summed E-state index contributed by atoms with van der Waals surface area (Å²) in [4.78, 5) is 40.5. The monoisotopic (exact) mass is 614 g/mol. The molecule has 2 aromatic rings. The number of benzene rings is 2. The summed E-state index contributed by atoms with van der Waals surface area (Å²) in [6, 6.07) is 9.60. The third kappa shape index (κ3) is 7.63. The van der Waals surface area contributed by atoms with Crippen LogP contribution in [-0.2, 0) is 23.7 Å². The van der Waals surface area contributed by atoms with Gasteiger partial charge in [-0.1, -0.05) is 25.4 Å². The standard InChI is InChI=1S/C32H39ClN2O8/c1-5-42-32-24(10-12-40-14-15-41-13-11-36)25(19(2)3)18-28(43-32)29(37)34-22-7-9-27(20(4)16-22)35-30(38)23-8-6-21(33)17-26(23)31(35)39/h6-9,16-19,24-25,32,36H,5,10-15H2,1-4H3,(H,34,37). The Bertz CT molecular complexity index is 1360. The van der Waals surface area contributed by atoms with Crippen LogP contribution < -0.4 is 10.2 Å². The SMILES string of the molecule is CCOC1OC(C(=O)Nc2ccc(N3C(=O)c4ccc(Cl)cc4C3=O)c(C)c2)=CC(C(C)C)C1CCOCCOCCO. The van der Waals surface area contributed by atoms with Gasteiger partial charge < -0.3 is 29.4 Å². The maximum absolute atomic E-state index is 13.4. The largest absolute Gasteiger partial charge is 0.459 e. The number of amides is 3. The van der Waals surface area contributed by atoms with E-state index in [1.165, 1.54) is 6.07 Å². The first-order valence-corrected chi connectivity index (χ1v) is 14.9. The molecule has 0 aliphatic carbocycles. The number of anilines is 2. The van der Waals surface area contributed by atoms with Crippen molar-refractivity contribution in [3.63, 3.8) is 0 Å². The number of aliphatic hydroxyl groups is 1. The molecule has 3 amide bonds. The highest BCUT2D eigenvalue weighted by Crippen LogP contribution is 2.37. The van der Waals surface area contributed by atoms with Crippen molar-refractivity contribution >= 4 is 40.7 Å². The van der Waals surface area contributed by atoms with Crippen molar-refractivity contribution in [1.82, 2.24) is 0 Å². The Morgan fingerprint density at radius 2 is 1.77 bits per heavy atom. The third-order valence-electron chi connectivity index (χ3n) is 7.50. The quantitative estimate of drug-likeness (QED) is 0.226. The van der Waals surface area contributed by atoms with Crippen molar-refractivity contribution < 1.29 is 38.4 Å². The topological polar surface area (TPSA) is 124 Å². The van der Waals surface area contributed by atoms with Gasteiger partial charge in [-0.3, -0.25) is 14.4 Å². The Morgan fingerprint density at radius 3 is 2.44 bits per heavy atom. The van der Waals surface area contributed by atoms with Crippen molar-refractivity contribution in [2.45, 2.75) is 40.4 Å². The van der Waals surface area contributed by atoms with Crippen molar-refractivity contribution in [3.05, 3.63) is 69.9 Å². The highest BCUT2D eigenvalue weighted by atomic mass is 35.5. The molecular formula is C32H39ClN2O8. The molecule has 2 aliphatic rings. The van der Waals surface area contributed by atoms with E-state index in [9.17, 15) is 14.4 Å². The van der Waals surface area contributed by atoms with Crippen LogP contribution in [0.3, 0.4) is 0 Å². The Hall–Kier alpha value is -3.28. The minimum Gasteiger partial charge on any atom is -0.459 e. The molecule has 43 heavy (non-hydrogen) atoms. The van der Waals surface area contributed by atoms with Crippen LogP contribution in [0.15, 0.2) is 48.2 Å². The van der Waals surface area contributed by atoms with Gasteiger partial charge in [-0.25, -0.2) is 4.90 Å². The number of rotatable bonds is 14. The number of imide groups is 1. The van der Waals surface area contributed by atoms with Gasteiger partial charge in [0.25, 0.3) is 17.7 Å². The summed E-state index contributed by atoms with van der Waals surface area (Å²) >= 11 is 6.04. The molecule has 2 heterocycles. The maximum Gasteiger partial charge on any atom is 0.290 e. The highest BCUT2D eigenvalue weighted by Gasteiger charge is 2.39. The van der Waals surface area contributed by atoms with Gasteiger partial charge in [-0.2, -0.15) is 0 Å². The number of aliphatic hydroxyl groups excluding tert-OH is 1. The van der Waals surface area contributed by atoms with Gasteiger partial charge in [0.05, 0.1) is 43.2 Å². The molecule has 3 atom stereocenters. The van der Waals surface area contributed by atoms with Gasteiger partial charge in [0.1, 0.15) is 0 Å². The molecule has 2 N–H and O–H groups in total. The van der Waals surface area contributed by atoms with Crippen LogP contribution >= 0.6 is 11.6 Å². The predicted octanol–water partition coefficient (Wildman–Crippen LogP) is 4.97. The number of nitrogens with zero attached hydrogens (tertiary/aromatic N) is 1. The molecular weight excluding hydrogens is 576 g/mol. The molecule has 0 saturated heterocycles. The molecule has 0 spiro atoms. The van der Waals surface area contributed by atoms with E-state index in [-0.39, 0.29) is 42.3 Å². The van der Waals surface area contributed by atoms with Crippen molar-refractivity contribution in [3.8, 4) is 0 Å². The molecule has 0 aromatic heterocycles. The van der Waals surface area contributed by atoms with E-state index >= 15 is 0 Å². The van der Waals surface area contributed by atoms with E-state index in [1.807, 2.05) is 13.0 Å². The molecule has 3 unspecified atom stereocenters. The van der Waals surface area contributed by atoms with Gasteiger partial charge in [0.2, 0.25) is 6.29 Å². The molecule has 4 rings (SSSR count). The number of ether oxygens (including phenoxy) is 4. The molecule has 2 aliphatic heterocycles. The second-order valence-electron chi connectivity index (χ2n) is 10.8. The van der Waals surface area contributed by atoms with E-state index in [1.54, 1.807) is 37.3 Å². The minimum atomic E-state index is -0.621. The van der Waals surface area contributed by atoms with Crippen LogP contribution in [0.4, 0.5) is 11.4 Å².